The lowest BCUT2D eigenvalue weighted by atomic mass is 10.0. The SMILES string of the molecule is CC[C@@H]1c2nncn2-c2c(C)nc(-c3nccnc3-c3ccc(C(F)(F)F)cc3)nc2N1C(C)C. The third-order valence-electron chi connectivity index (χ3n) is 6.07. The number of benzene rings is 1. The second kappa shape index (κ2) is 8.40. The van der Waals surface area contributed by atoms with Crippen LogP contribution in [0.2, 0.25) is 0 Å². The molecule has 0 fully saturated rings. The number of alkyl halides is 3. The van der Waals surface area contributed by atoms with Crippen LogP contribution in [0.15, 0.2) is 43.0 Å². The van der Waals surface area contributed by atoms with E-state index < -0.39 is 11.7 Å². The fourth-order valence-electron chi connectivity index (χ4n) is 4.55. The van der Waals surface area contributed by atoms with Crippen LogP contribution in [0.1, 0.15) is 50.3 Å². The number of anilines is 1. The van der Waals surface area contributed by atoms with Crippen molar-refractivity contribution in [1.82, 2.24) is 34.7 Å². The molecule has 180 valence electrons. The van der Waals surface area contributed by atoms with Gasteiger partial charge in [-0.3, -0.25) is 9.55 Å². The monoisotopic (exact) mass is 480 g/mol. The molecule has 5 rings (SSSR count). The molecule has 0 amide bonds. The van der Waals surface area contributed by atoms with Crippen LogP contribution in [0.25, 0.3) is 28.5 Å². The van der Waals surface area contributed by atoms with E-state index in [1.54, 1.807) is 6.33 Å². The average Bonchev–Trinajstić information content (AvgIpc) is 3.31. The zero-order chi connectivity index (χ0) is 24.9. The third kappa shape index (κ3) is 3.80. The maximum Gasteiger partial charge on any atom is 0.416 e. The minimum Gasteiger partial charge on any atom is -0.342 e. The lowest BCUT2D eigenvalue weighted by Gasteiger charge is -2.40. The first-order chi connectivity index (χ1) is 16.7. The standard InChI is InChI=1S/C24H23F3N8/c1-5-17-22-33-30-12-34(22)20-14(4)31-21(32-23(20)35(17)13(2)3)19-18(28-10-11-29-19)15-6-8-16(9-7-15)24(25,26)27/h6-13,17H,5H2,1-4H3/t17-/m1/s1. The molecule has 35 heavy (non-hydrogen) atoms. The van der Waals surface area contributed by atoms with Crippen LogP contribution in [0.3, 0.4) is 0 Å². The van der Waals surface area contributed by atoms with Crippen LogP contribution < -0.4 is 4.90 Å². The number of hydrogen-bond donors (Lipinski definition) is 0. The molecule has 1 aliphatic heterocycles. The molecule has 0 spiro atoms. The molecule has 1 aliphatic rings. The molecule has 0 saturated carbocycles. The van der Waals surface area contributed by atoms with Gasteiger partial charge in [0.15, 0.2) is 17.5 Å². The average molecular weight is 480 g/mol. The molecular weight excluding hydrogens is 457 g/mol. The Morgan fingerprint density at radius 1 is 1.00 bits per heavy atom. The summed E-state index contributed by atoms with van der Waals surface area (Å²) in [5.74, 6) is 1.91. The molecule has 4 aromatic rings. The topological polar surface area (TPSA) is 85.5 Å². The van der Waals surface area contributed by atoms with E-state index in [9.17, 15) is 13.2 Å². The van der Waals surface area contributed by atoms with Crippen LogP contribution in [0, 0.1) is 6.92 Å². The van der Waals surface area contributed by atoms with Crippen molar-refractivity contribution in [2.75, 3.05) is 4.90 Å². The fourth-order valence-corrected chi connectivity index (χ4v) is 4.55. The van der Waals surface area contributed by atoms with Crippen molar-refractivity contribution in [3.63, 3.8) is 0 Å². The van der Waals surface area contributed by atoms with Gasteiger partial charge in [0.1, 0.15) is 17.7 Å². The number of hydrogen-bond acceptors (Lipinski definition) is 7. The summed E-state index contributed by atoms with van der Waals surface area (Å²) < 4.78 is 41.1. The molecule has 1 aromatic carbocycles. The summed E-state index contributed by atoms with van der Waals surface area (Å²) in [7, 11) is 0. The van der Waals surface area contributed by atoms with E-state index >= 15 is 0 Å². The highest BCUT2D eigenvalue weighted by Crippen LogP contribution is 2.41. The second-order valence-electron chi connectivity index (χ2n) is 8.62. The highest BCUT2D eigenvalue weighted by Gasteiger charge is 2.36. The van der Waals surface area contributed by atoms with Crippen molar-refractivity contribution in [2.24, 2.45) is 0 Å². The van der Waals surface area contributed by atoms with Crippen LogP contribution in [-0.2, 0) is 6.18 Å². The summed E-state index contributed by atoms with van der Waals surface area (Å²) in [6, 6.07) is 4.93. The molecule has 1 atom stereocenters. The van der Waals surface area contributed by atoms with E-state index in [1.165, 1.54) is 24.5 Å². The quantitative estimate of drug-likeness (QED) is 0.397. The van der Waals surface area contributed by atoms with Gasteiger partial charge in [-0.05, 0) is 39.3 Å². The van der Waals surface area contributed by atoms with Gasteiger partial charge in [0.25, 0.3) is 0 Å². The number of aryl methyl sites for hydroxylation is 1. The summed E-state index contributed by atoms with van der Waals surface area (Å²) in [5.41, 5.74) is 2.07. The van der Waals surface area contributed by atoms with Crippen molar-refractivity contribution in [2.45, 2.75) is 52.4 Å². The first-order valence-corrected chi connectivity index (χ1v) is 11.3. The molecule has 11 heteroatoms. The van der Waals surface area contributed by atoms with Crippen LogP contribution >= 0.6 is 0 Å². The van der Waals surface area contributed by atoms with Gasteiger partial charge in [-0.1, -0.05) is 19.1 Å². The molecule has 0 saturated heterocycles. The summed E-state index contributed by atoms with van der Waals surface area (Å²) >= 11 is 0. The molecule has 3 aromatic heterocycles. The van der Waals surface area contributed by atoms with Gasteiger partial charge in [0.05, 0.1) is 23.0 Å². The van der Waals surface area contributed by atoms with E-state index in [-0.39, 0.29) is 12.1 Å². The zero-order valence-electron chi connectivity index (χ0n) is 19.6. The Labute approximate surface area is 199 Å². The highest BCUT2D eigenvalue weighted by molar-refractivity contribution is 5.76. The largest absolute Gasteiger partial charge is 0.416 e. The minimum atomic E-state index is -4.42. The molecule has 0 unspecified atom stereocenters. The van der Waals surface area contributed by atoms with E-state index in [4.69, 9.17) is 9.97 Å². The van der Waals surface area contributed by atoms with Gasteiger partial charge in [-0.2, -0.15) is 13.2 Å². The Bertz CT molecular complexity index is 1380. The smallest absolute Gasteiger partial charge is 0.342 e. The fraction of sp³-hybridized carbons (Fsp3) is 0.333. The van der Waals surface area contributed by atoms with Crippen LogP contribution in [0.5, 0.6) is 0 Å². The third-order valence-corrected chi connectivity index (χ3v) is 6.07. The lowest BCUT2D eigenvalue weighted by molar-refractivity contribution is -0.137. The molecule has 8 nitrogen and oxygen atoms in total. The molecule has 0 bridgehead atoms. The van der Waals surface area contributed by atoms with Crippen LogP contribution in [-0.4, -0.2) is 40.7 Å². The Morgan fingerprint density at radius 2 is 1.69 bits per heavy atom. The summed E-state index contributed by atoms with van der Waals surface area (Å²) in [6.45, 7) is 8.15. The number of fused-ring (bicyclic) bond motifs is 3. The zero-order valence-corrected chi connectivity index (χ0v) is 19.6. The van der Waals surface area contributed by atoms with E-state index in [2.05, 4.69) is 45.8 Å². The first kappa shape index (κ1) is 22.9. The second-order valence-corrected chi connectivity index (χ2v) is 8.62. The maximum absolute atomic E-state index is 13.1. The van der Waals surface area contributed by atoms with Crippen LogP contribution in [0.4, 0.5) is 19.0 Å². The van der Waals surface area contributed by atoms with Crippen molar-refractivity contribution < 1.29 is 13.2 Å². The van der Waals surface area contributed by atoms with E-state index in [0.717, 1.165) is 35.9 Å². The van der Waals surface area contributed by atoms with Crippen molar-refractivity contribution in [1.29, 1.82) is 0 Å². The Morgan fingerprint density at radius 3 is 2.31 bits per heavy atom. The number of rotatable bonds is 4. The molecule has 4 heterocycles. The summed E-state index contributed by atoms with van der Waals surface area (Å²) in [5, 5.41) is 8.48. The molecule has 0 aliphatic carbocycles. The molecular formula is C24H23F3N8. The van der Waals surface area contributed by atoms with Gasteiger partial charge in [0.2, 0.25) is 0 Å². The van der Waals surface area contributed by atoms with Gasteiger partial charge in [-0.25, -0.2) is 15.0 Å². The highest BCUT2D eigenvalue weighted by atomic mass is 19.4. The normalized spacial score (nSPS) is 15.3. The lowest BCUT2D eigenvalue weighted by Crippen LogP contribution is -2.40. The predicted molar refractivity (Wildman–Crippen MR) is 124 cm³/mol. The number of halogens is 3. The molecule has 0 radical (unpaired) electrons. The van der Waals surface area contributed by atoms with Gasteiger partial charge < -0.3 is 4.90 Å². The Kier molecular flexibility index (Phi) is 5.49. The van der Waals surface area contributed by atoms with Gasteiger partial charge in [0, 0.05) is 24.0 Å². The van der Waals surface area contributed by atoms with E-state index in [1.807, 2.05) is 11.5 Å². The Hall–Kier alpha value is -3.89. The number of aromatic nitrogens is 7. The summed E-state index contributed by atoms with van der Waals surface area (Å²) in [4.78, 5) is 20.7. The minimum absolute atomic E-state index is 0.0246. The first-order valence-electron chi connectivity index (χ1n) is 11.3. The van der Waals surface area contributed by atoms with Crippen molar-refractivity contribution in [3.05, 3.63) is 60.1 Å². The maximum atomic E-state index is 13.1. The molecule has 0 N–H and O–H groups in total. The van der Waals surface area contributed by atoms with E-state index in [0.29, 0.717) is 28.5 Å². The number of nitrogens with zero attached hydrogens (tertiary/aromatic N) is 8. The predicted octanol–water partition coefficient (Wildman–Crippen LogP) is 5.19. The Balaban J connectivity index is 1.68. The van der Waals surface area contributed by atoms with Crippen molar-refractivity contribution >= 4 is 5.82 Å². The summed E-state index contributed by atoms with van der Waals surface area (Å²) in [6.07, 6.45) is 1.07. The van der Waals surface area contributed by atoms with Gasteiger partial charge >= 0.3 is 6.18 Å². The van der Waals surface area contributed by atoms with Gasteiger partial charge in [-0.15, -0.1) is 10.2 Å². The van der Waals surface area contributed by atoms with Crippen molar-refractivity contribution in [3.8, 4) is 28.5 Å².